The molecule has 0 saturated heterocycles. The van der Waals surface area contributed by atoms with Crippen molar-refractivity contribution in [3.8, 4) is 0 Å². The number of rotatable bonds is 7. The van der Waals surface area contributed by atoms with E-state index < -0.39 is 0 Å². The molecule has 1 aliphatic rings. The first-order valence-electron chi connectivity index (χ1n) is 8.08. The lowest BCUT2D eigenvalue weighted by Crippen LogP contribution is -2.22. The maximum absolute atomic E-state index is 9.05. The molecular formula is C18H29N3O. The first-order valence-corrected chi connectivity index (χ1v) is 8.08. The molecular weight excluding hydrogens is 274 g/mol. The van der Waals surface area contributed by atoms with E-state index in [9.17, 15) is 0 Å². The fourth-order valence-electron chi connectivity index (χ4n) is 2.89. The molecule has 4 nitrogen and oxygen atoms in total. The summed E-state index contributed by atoms with van der Waals surface area (Å²) in [4.78, 5) is 4.87. The highest BCUT2D eigenvalue weighted by Gasteiger charge is 2.24. The average molecular weight is 303 g/mol. The Labute approximate surface area is 133 Å². The molecule has 2 N–H and O–H groups in total. The summed E-state index contributed by atoms with van der Waals surface area (Å²) in [6, 6.07) is 5.35. The van der Waals surface area contributed by atoms with Gasteiger partial charge in [-0.25, -0.2) is 0 Å². The van der Waals surface area contributed by atoms with Crippen LogP contribution in [0.5, 0.6) is 0 Å². The van der Waals surface area contributed by atoms with Gasteiger partial charge in [-0.15, -0.1) is 0 Å². The number of pyridine rings is 1. The summed E-state index contributed by atoms with van der Waals surface area (Å²) in [6.07, 6.45) is 6.44. The lowest BCUT2D eigenvalue weighted by atomic mass is 10.1. The summed E-state index contributed by atoms with van der Waals surface area (Å²) in [5.41, 5.74) is 3.56. The van der Waals surface area contributed by atoms with Crippen LogP contribution >= 0.6 is 0 Å². The molecule has 0 radical (unpaired) electrons. The Morgan fingerprint density at radius 3 is 2.86 bits per heavy atom. The maximum Gasteiger partial charge on any atom is 0.0594 e. The first kappa shape index (κ1) is 17.0. The Balaban J connectivity index is 0.00000176. The van der Waals surface area contributed by atoms with Gasteiger partial charge in [0.1, 0.15) is 0 Å². The molecule has 1 saturated carbocycles. The van der Waals surface area contributed by atoms with Crippen molar-refractivity contribution in [2.45, 2.75) is 65.6 Å². The van der Waals surface area contributed by atoms with E-state index in [2.05, 4.69) is 42.1 Å². The maximum atomic E-state index is 9.05. The Morgan fingerprint density at radius 1 is 1.45 bits per heavy atom. The predicted molar refractivity (Wildman–Crippen MR) is 92.1 cm³/mol. The Bertz CT molecular complexity index is 616. The molecule has 4 heteroatoms. The standard InChI is InChI=1S/C17H25N3O.CH4/c1-3-15-14-7-9-20(8-4-10-21)17(14)11-16(19-15)12(2)18-13-5-6-13;/h7,9,11-13,18,21H,3-6,8,10H2,1-2H3;1H4/t12-;/m1./s1. The van der Waals surface area contributed by atoms with Crippen molar-refractivity contribution in [2.24, 2.45) is 0 Å². The lowest BCUT2D eigenvalue weighted by Gasteiger charge is -2.15. The third-order valence-corrected chi connectivity index (χ3v) is 4.26. The quantitative estimate of drug-likeness (QED) is 0.824. The van der Waals surface area contributed by atoms with Gasteiger partial charge in [0.15, 0.2) is 0 Å². The minimum atomic E-state index is 0. The van der Waals surface area contributed by atoms with Crippen molar-refractivity contribution in [1.29, 1.82) is 0 Å². The second-order valence-corrected chi connectivity index (χ2v) is 6.03. The van der Waals surface area contributed by atoms with E-state index in [1.165, 1.54) is 29.4 Å². The predicted octanol–water partition coefficient (Wildman–Crippen LogP) is 3.43. The summed E-state index contributed by atoms with van der Waals surface area (Å²) in [5.74, 6) is 0. The number of nitrogens with zero attached hydrogens (tertiary/aromatic N) is 2. The molecule has 2 aromatic rings. The van der Waals surface area contributed by atoms with Gasteiger partial charge in [-0.1, -0.05) is 14.4 Å². The number of aliphatic hydroxyl groups is 1. The summed E-state index contributed by atoms with van der Waals surface area (Å²) in [5, 5.41) is 13.9. The smallest absolute Gasteiger partial charge is 0.0594 e. The van der Waals surface area contributed by atoms with Crippen LogP contribution in [0.4, 0.5) is 0 Å². The summed E-state index contributed by atoms with van der Waals surface area (Å²) in [6.45, 7) is 5.46. The summed E-state index contributed by atoms with van der Waals surface area (Å²) >= 11 is 0. The molecule has 122 valence electrons. The van der Waals surface area contributed by atoms with Gasteiger partial charge in [-0.2, -0.15) is 0 Å². The molecule has 22 heavy (non-hydrogen) atoms. The van der Waals surface area contributed by atoms with Crippen molar-refractivity contribution in [2.75, 3.05) is 6.61 Å². The largest absolute Gasteiger partial charge is 0.396 e. The molecule has 1 atom stereocenters. The van der Waals surface area contributed by atoms with Gasteiger partial charge < -0.3 is 15.0 Å². The Kier molecular flexibility index (Phi) is 5.59. The molecule has 0 aromatic carbocycles. The van der Waals surface area contributed by atoms with Crippen LogP contribution in [0.2, 0.25) is 0 Å². The minimum absolute atomic E-state index is 0. The monoisotopic (exact) mass is 303 g/mol. The van der Waals surface area contributed by atoms with Gasteiger partial charge >= 0.3 is 0 Å². The van der Waals surface area contributed by atoms with Crippen LogP contribution in [0.3, 0.4) is 0 Å². The van der Waals surface area contributed by atoms with Crippen LogP contribution in [0.1, 0.15) is 58.0 Å². The van der Waals surface area contributed by atoms with Gasteiger partial charge in [0.2, 0.25) is 0 Å². The molecule has 0 spiro atoms. The summed E-state index contributed by atoms with van der Waals surface area (Å²) < 4.78 is 2.24. The van der Waals surface area contributed by atoms with E-state index in [1.807, 2.05) is 0 Å². The van der Waals surface area contributed by atoms with Crippen LogP contribution in [0.25, 0.3) is 10.9 Å². The molecule has 0 amide bonds. The molecule has 1 aliphatic carbocycles. The van der Waals surface area contributed by atoms with Crippen LogP contribution in [-0.2, 0) is 13.0 Å². The van der Waals surface area contributed by atoms with Gasteiger partial charge in [0.25, 0.3) is 0 Å². The van der Waals surface area contributed by atoms with Crippen LogP contribution in [0, 0.1) is 0 Å². The second-order valence-electron chi connectivity index (χ2n) is 6.03. The lowest BCUT2D eigenvalue weighted by molar-refractivity contribution is 0.280. The SMILES string of the molecule is C.CCc1nc([C@@H](C)NC2CC2)cc2c1ccn2CCCO. The Morgan fingerprint density at radius 2 is 2.23 bits per heavy atom. The van der Waals surface area contributed by atoms with E-state index in [0.29, 0.717) is 12.1 Å². The van der Waals surface area contributed by atoms with Crippen molar-refractivity contribution < 1.29 is 5.11 Å². The molecule has 0 bridgehead atoms. The van der Waals surface area contributed by atoms with Crippen molar-refractivity contribution >= 4 is 10.9 Å². The highest BCUT2D eigenvalue weighted by molar-refractivity contribution is 5.83. The van der Waals surface area contributed by atoms with Crippen LogP contribution < -0.4 is 5.32 Å². The second kappa shape index (κ2) is 7.25. The summed E-state index contributed by atoms with van der Waals surface area (Å²) in [7, 11) is 0. The van der Waals surface area contributed by atoms with Crippen molar-refractivity contribution in [3.63, 3.8) is 0 Å². The number of hydrogen-bond acceptors (Lipinski definition) is 3. The number of aliphatic hydroxyl groups excluding tert-OH is 1. The molecule has 0 unspecified atom stereocenters. The zero-order valence-electron chi connectivity index (χ0n) is 13.0. The third-order valence-electron chi connectivity index (χ3n) is 4.26. The molecule has 2 aromatic heterocycles. The van der Waals surface area contributed by atoms with Crippen LogP contribution in [0.15, 0.2) is 18.3 Å². The molecule has 0 aliphatic heterocycles. The Hall–Kier alpha value is -1.39. The van der Waals surface area contributed by atoms with Crippen molar-refractivity contribution in [3.05, 3.63) is 29.7 Å². The number of hydrogen-bond donors (Lipinski definition) is 2. The fourth-order valence-corrected chi connectivity index (χ4v) is 2.89. The molecule has 2 heterocycles. The van der Waals surface area contributed by atoms with Gasteiger partial charge in [0, 0.05) is 42.5 Å². The van der Waals surface area contributed by atoms with E-state index >= 15 is 0 Å². The average Bonchev–Trinajstić information content (AvgIpc) is 3.22. The highest BCUT2D eigenvalue weighted by Crippen LogP contribution is 2.27. The van der Waals surface area contributed by atoms with Gasteiger partial charge in [0.05, 0.1) is 11.2 Å². The van der Waals surface area contributed by atoms with Crippen LogP contribution in [-0.4, -0.2) is 27.3 Å². The van der Waals surface area contributed by atoms with Crippen molar-refractivity contribution in [1.82, 2.24) is 14.9 Å². The van der Waals surface area contributed by atoms with Gasteiger partial charge in [-0.05, 0) is 44.7 Å². The zero-order valence-corrected chi connectivity index (χ0v) is 13.0. The molecule has 1 fully saturated rings. The first-order chi connectivity index (χ1) is 10.2. The zero-order chi connectivity index (χ0) is 14.8. The number of nitrogens with one attached hydrogen (secondary N) is 1. The highest BCUT2D eigenvalue weighted by atomic mass is 16.3. The third kappa shape index (κ3) is 3.50. The minimum Gasteiger partial charge on any atom is -0.396 e. The number of aromatic nitrogens is 2. The topological polar surface area (TPSA) is 50.1 Å². The van der Waals surface area contributed by atoms with Gasteiger partial charge in [-0.3, -0.25) is 4.98 Å². The fraction of sp³-hybridized carbons (Fsp3) is 0.611. The molecule has 3 rings (SSSR count). The van der Waals surface area contributed by atoms with E-state index in [4.69, 9.17) is 10.1 Å². The van der Waals surface area contributed by atoms with E-state index in [0.717, 1.165) is 25.1 Å². The number of fused-ring (bicyclic) bond motifs is 1. The van der Waals surface area contributed by atoms with E-state index in [1.54, 1.807) is 0 Å². The normalized spacial score (nSPS) is 15.8. The van der Waals surface area contributed by atoms with E-state index in [-0.39, 0.29) is 14.0 Å². The number of aryl methyl sites for hydroxylation is 2.